The van der Waals surface area contributed by atoms with E-state index in [0.717, 1.165) is 22.3 Å². The summed E-state index contributed by atoms with van der Waals surface area (Å²) < 4.78 is 5.18. The van der Waals surface area contributed by atoms with Gasteiger partial charge in [-0.3, -0.25) is 4.79 Å². The average molecular weight is 342 g/mol. The van der Waals surface area contributed by atoms with E-state index < -0.39 is 5.79 Å². The van der Waals surface area contributed by atoms with Crippen LogP contribution in [0.25, 0.3) is 0 Å². The molecule has 1 unspecified atom stereocenters. The number of ether oxygens (including phenoxy) is 1. The zero-order chi connectivity index (χ0) is 19.0. The highest BCUT2D eigenvalue weighted by atomic mass is 16.6. The third-order valence-electron chi connectivity index (χ3n) is 4.56. The number of carbonyl (C=O) groups is 1. The Hall–Kier alpha value is -1.71. The number of allylic oxidation sites excluding steroid dienone is 8. The molecule has 1 N–H and O–H groups in total. The van der Waals surface area contributed by atoms with Gasteiger partial charge in [0.2, 0.25) is 0 Å². The molecule has 0 aliphatic heterocycles. The van der Waals surface area contributed by atoms with E-state index in [1.165, 1.54) is 7.11 Å². The molecule has 0 saturated heterocycles. The van der Waals surface area contributed by atoms with E-state index in [-0.39, 0.29) is 16.6 Å². The summed E-state index contributed by atoms with van der Waals surface area (Å²) in [5, 5.41) is 10.3. The van der Waals surface area contributed by atoms with Gasteiger partial charge in [0.05, 0.1) is 0 Å². The monoisotopic (exact) mass is 342 g/mol. The Balaban J connectivity index is 2.49. The summed E-state index contributed by atoms with van der Waals surface area (Å²) in [7, 11) is 1.49. The Labute approximate surface area is 151 Å². The van der Waals surface area contributed by atoms with E-state index in [1.807, 2.05) is 24.3 Å². The average Bonchev–Trinajstić information content (AvgIpc) is 2.46. The summed E-state index contributed by atoms with van der Waals surface area (Å²) in [4.78, 5) is 13.0. The quantitative estimate of drug-likeness (QED) is 0.742. The molecule has 0 fully saturated rings. The van der Waals surface area contributed by atoms with Crippen LogP contribution in [0.15, 0.2) is 58.7 Å². The fourth-order valence-corrected chi connectivity index (χ4v) is 3.03. The summed E-state index contributed by atoms with van der Waals surface area (Å²) >= 11 is 0. The number of hydrogen-bond donors (Lipinski definition) is 1. The van der Waals surface area contributed by atoms with Crippen LogP contribution in [0.3, 0.4) is 0 Å². The molecule has 0 radical (unpaired) electrons. The van der Waals surface area contributed by atoms with Gasteiger partial charge in [-0.25, -0.2) is 0 Å². The Morgan fingerprint density at radius 3 is 2.04 bits per heavy atom. The largest absolute Gasteiger partial charge is 0.362 e. The van der Waals surface area contributed by atoms with Gasteiger partial charge < -0.3 is 9.84 Å². The van der Waals surface area contributed by atoms with Crippen LogP contribution in [0.5, 0.6) is 0 Å². The molecule has 0 aromatic carbocycles. The second-order valence-corrected chi connectivity index (χ2v) is 8.92. The summed E-state index contributed by atoms with van der Waals surface area (Å²) in [6.45, 7) is 12.4. The van der Waals surface area contributed by atoms with Gasteiger partial charge in [-0.05, 0) is 40.2 Å². The number of rotatable bonds is 2. The minimum absolute atomic E-state index is 0.128. The Bertz CT molecular complexity index is 679. The molecular formula is C22H30O3. The fourth-order valence-electron chi connectivity index (χ4n) is 3.03. The summed E-state index contributed by atoms with van der Waals surface area (Å²) in [5.41, 5.74) is 3.13. The van der Waals surface area contributed by atoms with Crippen molar-refractivity contribution < 1.29 is 14.6 Å². The topological polar surface area (TPSA) is 46.5 Å². The van der Waals surface area contributed by atoms with Crippen LogP contribution in [0, 0.1) is 10.8 Å². The zero-order valence-electron chi connectivity index (χ0n) is 16.4. The third kappa shape index (κ3) is 4.47. The number of hydrogen-bond acceptors (Lipinski definition) is 3. The first-order chi connectivity index (χ1) is 11.4. The number of Topliss-reactive ketones (excluding diaryl/α,β-unsaturated/α-hetero) is 1. The number of aliphatic hydroxyl groups is 1. The van der Waals surface area contributed by atoms with Crippen molar-refractivity contribution in [3.8, 4) is 0 Å². The lowest BCUT2D eigenvalue weighted by atomic mass is 9.71. The van der Waals surface area contributed by atoms with E-state index in [1.54, 1.807) is 12.2 Å². The number of carbonyl (C=O) groups excluding carboxylic acids is 1. The second-order valence-electron chi connectivity index (χ2n) is 8.92. The Morgan fingerprint density at radius 2 is 1.60 bits per heavy atom. The van der Waals surface area contributed by atoms with Crippen LogP contribution in [0.2, 0.25) is 0 Å². The molecule has 136 valence electrons. The fraction of sp³-hybridized carbons (Fsp3) is 0.500. The van der Waals surface area contributed by atoms with Crippen LogP contribution in [-0.4, -0.2) is 23.8 Å². The van der Waals surface area contributed by atoms with E-state index >= 15 is 0 Å². The predicted octanol–water partition coefficient (Wildman–Crippen LogP) is 4.66. The minimum Gasteiger partial charge on any atom is -0.362 e. The summed E-state index contributed by atoms with van der Waals surface area (Å²) in [5.74, 6) is -1.14. The molecule has 2 rings (SSSR count). The first kappa shape index (κ1) is 19.6. The zero-order valence-corrected chi connectivity index (χ0v) is 16.4. The van der Waals surface area contributed by atoms with Gasteiger partial charge in [0.15, 0.2) is 11.6 Å². The Morgan fingerprint density at radius 1 is 1.08 bits per heavy atom. The molecule has 0 amide bonds. The minimum atomic E-state index is -1.27. The third-order valence-corrected chi connectivity index (χ3v) is 4.56. The lowest BCUT2D eigenvalue weighted by Crippen LogP contribution is -2.30. The van der Waals surface area contributed by atoms with Crippen molar-refractivity contribution in [2.24, 2.45) is 10.8 Å². The molecule has 3 nitrogen and oxygen atoms in total. The maximum atomic E-state index is 13.0. The number of methoxy groups -OCH3 is 1. The second kappa shape index (κ2) is 6.54. The first-order valence-electron chi connectivity index (χ1n) is 8.72. The maximum Gasteiger partial charge on any atom is 0.189 e. The van der Waals surface area contributed by atoms with Crippen molar-refractivity contribution in [1.29, 1.82) is 0 Å². The highest BCUT2D eigenvalue weighted by Crippen LogP contribution is 2.39. The standard InChI is InChI=1S/C22H30O3/c1-20(2,3)17-12-16(13-18(19(17)23)21(4,5)6)11-15-9-8-10-22(24,14-15)25-7/h8-13,24H,14H2,1-7H3. The SMILES string of the molecule is COC1(O)C=CC=C(C=C2C=C(C(C)(C)C)C(=O)C(C(C)(C)C)=C2)C1. The molecule has 0 aromatic heterocycles. The first-order valence-corrected chi connectivity index (χ1v) is 8.72. The maximum absolute atomic E-state index is 13.0. The lowest BCUT2D eigenvalue weighted by Gasteiger charge is -2.31. The van der Waals surface area contributed by atoms with Crippen LogP contribution in [-0.2, 0) is 9.53 Å². The Kier molecular flexibility index (Phi) is 5.13. The molecule has 0 spiro atoms. The molecule has 0 bridgehead atoms. The van der Waals surface area contributed by atoms with Gasteiger partial charge in [-0.15, -0.1) is 0 Å². The molecule has 2 aliphatic carbocycles. The van der Waals surface area contributed by atoms with Gasteiger partial charge in [-0.2, -0.15) is 0 Å². The van der Waals surface area contributed by atoms with E-state index in [2.05, 4.69) is 41.5 Å². The van der Waals surface area contributed by atoms with Crippen LogP contribution < -0.4 is 0 Å². The van der Waals surface area contributed by atoms with Crippen LogP contribution in [0.4, 0.5) is 0 Å². The van der Waals surface area contributed by atoms with Gasteiger partial charge in [0.1, 0.15) is 0 Å². The van der Waals surface area contributed by atoms with Crippen molar-refractivity contribution in [3.63, 3.8) is 0 Å². The van der Waals surface area contributed by atoms with E-state index in [0.29, 0.717) is 6.42 Å². The highest BCUT2D eigenvalue weighted by molar-refractivity contribution is 6.11. The van der Waals surface area contributed by atoms with Gasteiger partial charge >= 0.3 is 0 Å². The predicted molar refractivity (Wildman–Crippen MR) is 102 cm³/mol. The van der Waals surface area contributed by atoms with Crippen molar-refractivity contribution in [3.05, 3.63) is 58.7 Å². The van der Waals surface area contributed by atoms with Gasteiger partial charge in [0.25, 0.3) is 0 Å². The van der Waals surface area contributed by atoms with E-state index in [9.17, 15) is 9.90 Å². The molecule has 0 aromatic rings. The van der Waals surface area contributed by atoms with Gasteiger partial charge in [-0.1, -0.05) is 59.8 Å². The lowest BCUT2D eigenvalue weighted by molar-refractivity contribution is -0.144. The van der Waals surface area contributed by atoms with E-state index in [4.69, 9.17) is 4.74 Å². The summed E-state index contributed by atoms with van der Waals surface area (Å²) in [6.07, 6.45) is 11.8. The van der Waals surface area contributed by atoms with Crippen molar-refractivity contribution in [2.45, 2.75) is 53.8 Å². The molecule has 1 atom stereocenters. The highest BCUT2D eigenvalue weighted by Gasteiger charge is 2.34. The molecule has 0 saturated carbocycles. The normalized spacial score (nSPS) is 24.7. The van der Waals surface area contributed by atoms with Crippen molar-refractivity contribution in [2.75, 3.05) is 7.11 Å². The smallest absolute Gasteiger partial charge is 0.189 e. The van der Waals surface area contributed by atoms with Crippen molar-refractivity contribution >= 4 is 5.78 Å². The molecule has 0 heterocycles. The van der Waals surface area contributed by atoms with Crippen LogP contribution in [0.1, 0.15) is 48.0 Å². The molecular weight excluding hydrogens is 312 g/mol. The van der Waals surface area contributed by atoms with Gasteiger partial charge in [0, 0.05) is 24.7 Å². The molecule has 3 heteroatoms. The van der Waals surface area contributed by atoms with Crippen molar-refractivity contribution in [1.82, 2.24) is 0 Å². The number of ketones is 1. The van der Waals surface area contributed by atoms with Crippen LogP contribution >= 0.6 is 0 Å². The summed E-state index contributed by atoms with van der Waals surface area (Å²) in [6, 6.07) is 0. The molecule has 25 heavy (non-hydrogen) atoms. The molecule has 2 aliphatic rings.